The Hall–Kier alpha value is -1.03. The molecule has 1 saturated heterocycles. The number of ether oxygens (including phenoxy) is 2. The van der Waals surface area contributed by atoms with Gasteiger partial charge in [-0.1, -0.05) is 19.1 Å². The van der Waals surface area contributed by atoms with Crippen LogP contribution in [-0.4, -0.2) is 74.9 Å². The highest BCUT2D eigenvalue weighted by atomic mass is 16.7. The highest BCUT2D eigenvalue weighted by Crippen LogP contribution is 2.40. The van der Waals surface area contributed by atoms with Gasteiger partial charge in [0.15, 0.2) is 6.29 Å². The van der Waals surface area contributed by atoms with Crippen molar-refractivity contribution in [2.75, 3.05) is 6.61 Å². The Balaban J connectivity index is 2.07. The van der Waals surface area contributed by atoms with Crippen LogP contribution in [0.3, 0.4) is 0 Å². The van der Waals surface area contributed by atoms with Crippen molar-refractivity contribution in [3.8, 4) is 0 Å². The molecule has 0 aromatic heterocycles. The molecule has 0 aromatic rings. The summed E-state index contributed by atoms with van der Waals surface area (Å²) in [6.07, 6.45) is 0.0423. The molecule has 2 rings (SSSR count). The third-order valence-electron chi connectivity index (χ3n) is 5.31. The SMILES string of the molecule is CC/C=C\C[C@H]1[C@@H](CC(=O)O)CC[C@H]1O[C@H]1O[C@@H](CO)[C@H](O)[C@@H](O)[C@@H]1O. The van der Waals surface area contributed by atoms with E-state index in [1.165, 1.54) is 0 Å². The summed E-state index contributed by atoms with van der Waals surface area (Å²) in [5, 5.41) is 48.3. The fourth-order valence-corrected chi connectivity index (χ4v) is 3.87. The van der Waals surface area contributed by atoms with E-state index in [1.54, 1.807) is 0 Å². The number of carbonyl (C=O) groups is 1. The zero-order chi connectivity index (χ0) is 19.3. The number of carboxylic acid groups (broad SMARTS) is 1. The van der Waals surface area contributed by atoms with Crippen molar-refractivity contribution in [3.05, 3.63) is 12.2 Å². The molecule has 1 aliphatic heterocycles. The van der Waals surface area contributed by atoms with Crippen LogP contribution in [0.5, 0.6) is 0 Å². The Bertz CT molecular complexity index is 480. The van der Waals surface area contributed by atoms with Crippen LogP contribution in [0.25, 0.3) is 0 Å². The Morgan fingerprint density at radius 3 is 2.50 bits per heavy atom. The molecule has 0 bridgehead atoms. The van der Waals surface area contributed by atoms with E-state index in [-0.39, 0.29) is 24.4 Å². The summed E-state index contributed by atoms with van der Waals surface area (Å²) < 4.78 is 11.3. The van der Waals surface area contributed by atoms with Gasteiger partial charge < -0.3 is 35.0 Å². The molecule has 8 nitrogen and oxygen atoms in total. The lowest BCUT2D eigenvalue weighted by Crippen LogP contribution is -2.59. The van der Waals surface area contributed by atoms with Gasteiger partial charge in [0.25, 0.3) is 0 Å². The second kappa shape index (κ2) is 9.77. The van der Waals surface area contributed by atoms with Crippen LogP contribution in [0.2, 0.25) is 0 Å². The molecule has 0 radical (unpaired) electrons. The molecular weight excluding hydrogens is 344 g/mol. The number of allylic oxidation sites excluding steroid dienone is 2. The molecule has 2 aliphatic rings. The van der Waals surface area contributed by atoms with Gasteiger partial charge in [-0.2, -0.15) is 0 Å². The summed E-state index contributed by atoms with van der Waals surface area (Å²) in [7, 11) is 0. The lowest BCUT2D eigenvalue weighted by molar-refractivity contribution is -0.313. The van der Waals surface area contributed by atoms with Crippen molar-refractivity contribution in [1.82, 2.24) is 0 Å². The van der Waals surface area contributed by atoms with Crippen LogP contribution in [0, 0.1) is 11.8 Å². The topological polar surface area (TPSA) is 137 Å². The fourth-order valence-electron chi connectivity index (χ4n) is 3.87. The van der Waals surface area contributed by atoms with Crippen molar-refractivity contribution in [2.45, 2.75) is 75.8 Å². The minimum absolute atomic E-state index is 0.0381. The molecule has 5 N–H and O–H groups in total. The summed E-state index contributed by atoms with van der Waals surface area (Å²) in [6.45, 7) is 1.50. The number of hydrogen-bond donors (Lipinski definition) is 5. The average molecular weight is 374 g/mol. The number of carboxylic acids is 1. The number of hydrogen-bond acceptors (Lipinski definition) is 7. The average Bonchev–Trinajstić information content (AvgIpc) is 2.96. The van der Waals surface area contributed by atoms with Gasteiger partial charge in [0.2, 0.25) is 0 Å². The molecule has 0 amide bonds. The van der Waals surface area contributed by atoms with Crippen LogP contribution in [0.15, 0.2) is 12.2 Å². The van der Waals surface area contributed by atoms with Crippen molar-refractivity contribution in [1.29, 1.82) is 0 Å². The first kappa shape index (κ1) is 21.3. The van der Waals surface area contributed by atoms with Gasteiger partial charge in [-0.25, -0.2) is 0 Å². The summed E-state index contributed by atoms with van der Waals surface area (Å²) in [6, 6.07) is 0. The molecule has 0 spiro atoms. The van der Waals surface area contributed by atoms with E-state index < -0.39 is 43.3 Å². The van der Waals surface area contributed by atoms with E-state index in [9.17, 15) is 25.2 Å². The van der Waals surface area contributed by atoms with Crippen molar-refractivity contribution in [3.63, 3.8) is 0 Å². The number of aliphatic hydroxyl groups excluding tert-OH is 4. The van der Waals surface area contributed by atoms with E-state index in [2.05, 4.69) is 0 Å². The first-order chi connectivity index (χ1) is 12.4. The van der Waals surface area contributed by atoms with E-state index in [1.807, 2.05) is 19.1 Å². The van der Waals surface area contributed by atoms with Crippen molar-refractivity contribution < 1.29 is 39.8 Å². The van der Waals surface area contributed by atoms with Crippen molar-refractivity contribution in [2.24, 2.45) is 11.8 Å². The summed E-state index contributed by atoms with van der Waals surface area (Å²) in [5.74, 6) is -0.932. The van der Waals surface area contributed by atoms with Crippen molar-refractivity contribution >= 4 is 5.97 Å². The second-order valence-corrected chi connectivity index (χ2v) is 7.09. The fraction of sp³-hybridized carbons (Fsp3) is 0.833. The lowest BCUT2D eigenvalue weighted by Gasteiger charge is -2.41. The zero-order valence-corrected chi connectivity index (χ0v) is 15.0. The van der Waals surface area contributed by atoms with Gasteiger partial charge in [0.05, 0.1) is 12.7 Å². The maximum atomic E-state index is 11.1. The minimum Gasteiger partial charge on any atom is -0.481 e. The van der Waals surface area contributed by atoms with Gasteiger partial charge >= 0.3 is 5.97 Å². The third-order valence-corrected chi connectivity index (χ3v) is 5.31. The van der Waals surface area contributed by atoms with Crippen LogP contribution >= 0.6 is 0 Å². The van der Waals surface area contributed by atoms with Crippen LogP contribution < -0.4 is 0 Å². The number of aliphatic hydroxyl groups is 4. The molecule has 26 heavy (non-hydrogen) atoms. The number of aliphatic carboxylic acids is 1. The first-order valence-corrected chi connectivity index (χ1v) is 9.21. The smallest absolute Gasteiger partial charge is 0.303 e. The quantitative estimate of drug-likeness (QED) is 0.375. The molecule has 0 aromatic carbocycles. The zero-order valence-electron chi connectivity index (χ0n) is 15.0. The normalized spacial score (nSPS) is 41.0. The number of rotatable bonds is 8. The molecule has 1 aliphatic carbocycles. The van der Waals surface area contributed by atoms with E-state index >= 15 is 0 Å². The Morgan fingerprint density at radius 2 is 1.88 bits per heavy atom. The predicted octanol–water partition coefficient (Wildman–Crippen LogP) is 0.0287. The maximum Gasteiger partial charge on any atom is 0.303 e. The molecule has 150 valence electrons. The van der Waals surface area contributed by atoms with Crippen LogP contribution in [-0.2, 0) is 14.3 Å². The van der Waals surface area contributed by atoms with Gasteiger partial charge in [-0.15, -0.1) is 0 Å². The molecule has 0 unspecified atom stereocenters. The molecule has 1 saturated carbocycles. The standard InChI is InChI=1S/C18H30O8/c1-2-3-4-5-11-10(8-14(20)21)6-7-12(11)25-18-17(24)16(23)15(22)13(9-19)26-18/h3-4,10-13,15-19,22-24H,2,5-9H2,1H3,(H,20,21)/b4-3-/t10-,11+,12-,13+,15+,16-,17+,18+/m1/s1. The second-order valence-electron chi connectivity index (χ2n) is 7.09. The highest BCUT2D eigenvalue weighted by molar-refractivity contribution is 5.67. The van der Waals surface area contributed by atoms with Gasteiger partial charge in [0.1, 0.15) is 24.4 Å². The maximum absolute atomic E-state index is 11.1. The third kappa shape index (κ3) is 5.03. The monoisotopic (exact) mass is 374 g/mol. The molecule has 8 atom stereocenters. The van der Waals surface area contributed by atoms with Gasteiger partial charge in [-0.05, 0) is 37.5 Å². The lowest BCUT2D eigenvalue weighted by atomic mass is 9.88. The van der Waals surface area contributed by atoms with Gasteiger partial charge in [-0.3, -0.25) is 4.79 Å². The predicted molar refractivity (Wildman–Crippen MR) is 91.2 cm³/mol. The molecule has 1 heterocycles. The van der Waals surface area contributed by atoms with Crippen LogP contribution in [0.1, 0.15) is 39.0 Å². The minimum atomic E-state index is -1.49. The largest absolute Gasteiger partial charge is 0.481 e. The summed E-state index contributed by atoms with van der Waals surface area (Å²) in [5.41, 5.74) is 0. The Kier molecular flexibility index (Phi) is 8.00. The highest BCUT2D eigenvalue weighted by Gasteiger charge is 2.47. The van der Waals surface area contributed by atoms with Gasteiger partial charge in [0, 0.05) is 6.42 Å². The van der Waals surface area contributed by atoms with Crippen LogP contribution in [0.4, 0.5) is 0 Å². The first-order valence-electron chi connectivity index (χ1n) is 9.21. The van der Waals surface area contributed by atoms with E-state index in [0.717, 1.165) is 6.42 Å². The van der Waals surface area contributed by atoms with E-state index in [4.69, 9.17) is 14.6 Å². The van der Waals surface area contributed by atoms with E-state index in [0.29, 0.717) is 19.3 Å². The molecular formula is C18H30O8. The molecule has 2 fully saturated rings. The Morgan fingerprint density at radius 1 is 1.15 bits per heavy atom. The Labute approximate surface area is 153 Å². The summed E-state index contributed by atoms with van der Waals surface area (Å²) >= 11 is 0. The molecule has 8 heteroatoms. The summed E-state index contributed by atoms with van der Waals surface area (Å²) in [4.78, 5) is 11.1.